The molecule has 0 aliphatic rings. The van der Waals surface area contributed by atoms with Crippen molar-refractivity contribution < 1.29 is 23.5 Å². The zero-order valence-corrected chi connectivity index (χ0v) is 18.2. The molecular weight excluding hydrogens is 421 g/mol. The molecule has 0 aliphatic carbocycles. The smallest absolute Gasteiger partial charge is 0.355 e. The number of hydrogen-bond acceptors (Lipinski definition) is 4. The number of aromatic nitrogens is 1. The first-order chi connectivity index (χ1) is 16.0. The third kappa shape index (κ3) is 4.28. The number of carbonyl (C=O) groups excluding carboxylic acids is 2. The van der Waals surface area contributed by atoms with Gasteiger partial charge in [0.2, 0.25) is 0 Å². The Balaban J connectivity index is 2.14. The summed E-state index contributed by atoms with van der Waals surface area (Å²) in [6.45, 7) is 0. The minimum absolute atomic E-state index is 0.0285. The Bertz CT molecular complexity index is 1280. The van der Waals surface area contributed by atoms with Crippen LogP contribution in [0, 0.1) is 5.82 Å². The Labute approximate surface area is 191 Å². The van der Waals surface area contributed by atoms with Gasteiger partial charge in [0, 0.05) is 23.4 Å². The normalized spacial score (nSPS) is 10.6. The van der Waals surface area contributed by atoms with Gasteiger partial charge in [0.25, 0.3) is 0 Å². The third-order valence-electron chi connectivity index (χ3n) is 5.40. The molecule has 0 amide bonds. The predicted octanol–water partition coefficient (Wildman–Crippen LogP) is 5.45. The predicted molar refractivity (Wildman–Crippen MR) is 123 cm³/mol. The molecule has 0 aliphatic heterocycles. The lowest BCUT2D eigenvalue weighted by Crippen LogP contribution is -2.16. The largest absolute Gasteiger partial charge is 0.465 e. The number of carbonyl (C=O) groups is 2. The van der Waals surface area contributed by atoms with Crippen LogP contribution in [0.25, 0.3) is 16.8 Å². The van der Waals surface area contributed by atoms with Crippen LogP contribution < -0.4 is 0 Å². The Hall–Kier alpha value is -4.19. The summed E-state index contributed by atoms with van der Waals surface area (Å²) in [6, 6.07) is 24.7. The lowest BCUT2D eigenvalue weighted by atomic mass is 9.97. The summed E-state index contributed by atoms with van der Waals surface area (Å²) in [4.78, 5) is 26.1. The molecule has 1 heterocycles. The highest BCUT2D eigenvalue weighted by Gasteiger charge is 2.33. The summed E-state index contributed by atoms with van der Waals surface area (Å²) in [5.41, 5.74) is 3.62. The number of benzene rings is 3. The number of rotatable bonds is 6. The second kappa shape index (κ2) is 9.53. The van der Waals surface area contributed by atoms with Gasteiger partial charge in [0.15, 0.2) is 0 Å². The third-order valence-corrected chi connectivity index (χ3v) is 5.40. The van der Waals surface area contributed by atoms with Crippen molar-refractivity contribution in [2.24, 2.45) is 0 Å². The van der Waals surface area contributed by atoms with Gasteiger partial charge in [-0.3, -0.25) is 0 Å². The highest BCUT2D eigenvalue weighted by Crippen LogP contribution is 2.37. The summed E-state index contributed by atoms with van der Waals surface area (Å²) in [6.07, 6.45) is 0.406. The minimum atomic E-state index is -0.698. The maximum absolute atomic E-state index is 13.7. The molecule has 0 N–H and O–H groups in total. The Kier molecular flexibility index (Phi) is 6.36. The molecule has 0 bridgehead atoms. The highest BCUT2D eigenvalue weighted by atomic mass is 19.1. The van der Waals surface area contributed by atoms with Gasteiger partial charge in [-0.2, -0.15) is 0 Å². The molecule has 0 radical (unpaired) electrons. The number of esters is 2. The number of nitrogens with zero attached hydrogens (tertiary/aromatic N) is 1. The van der Waals surface area contributed by atoms with Crippen LogP contribution in [0.15, 0.2) is 84.9 Å². The van der Waals surface area contributed by atoms with Gasteiger partial charge in [0.1, 0.15) is 17.1 Å². The second-order valence-electron chi connectivity index (χ2n) is 7.37. The fraction of sp³-hybridized carbons (Fsp3) is 0.111. The Morgan fingerprint density at radius 1 is 0.788 bits per heavy atom. The van der Waals surface area contributed by atoms with Crippen LogP contribution >= 0.6 is 0 Å². The van der Waals surface area contributed by atoms with Gasteiger partial charge < -0.3 is 14.0 Å². The molecule has 4 aromatic rings. The van der Waals surface area contributed by atoms with E-state index in [0.717, 1.165) is 11.1 Å². The molecule has 33 heavy (non-hydrogen) atoms. The van der Waals surface area contributed by atoms with E-state index in [1.807, 2.05) is 60.7 Å². The zero-order valence-electron chi connectivity index (χ0n) is 18.2. The molecule has 0 saturated carbocycles. The van der Waals surface area contributed by atoms with Crippen LogP contribution in [0.5, 0.6) is 0 Å². The highest BCUT2D eigenvalue weighted by molar-refractivity contribution is 6.09. The van der Waals surface area contributed by atoms with E-state index in [2.05, 4.69) is 0 Å². The van der Waals surface area contributed by atoms with Crippen molar-refractivity contribution in [2.45, 2.75) is 6.42 Å². The molecule has 166 valence electrons. The number of hydrogen-bond donors (Lipinski definition) is 0. The SMILES string of the molecule is COC(=O)c1c(-c2ccccc2)c(Cc2ccccc2)n(-c2ccc(F)cc2)c1C(=O)OC. The van der Waals surface area contributed by atoms with Crippen molar-refractivity contribution in [1.29, 1.82) is 0 Å². The Morgan fingerprint density at radius 3 is 1.94 bits per heavy atom. The molecule has 1 aromatic heterocycles. The average molecular weight is 443 g/mol. The molecule has 0 fully saturated rings. The van der Waals surface area contributed by atoms with Crippen LogP contribution in [0.1, 0.15) is 32.1 Å². The van der Waals surface area contributed by atoms with Crippen LogP contribution in [-0.4, -0.2) is 30.7 Å². The molecule has 0 spiro atoms. The van der Waals surface area contributed by atoms with Crippen LogP contribution in [0.2, 0.25) is 0 Å². The summed E-state index contributed by atoms with van der Waals surface area (Å²) < 4.78 is 25.5. The standard InChI is InChI=1S/C27H22FNO4/c1-32-26(30)24-23(19-11-7-4-8-12-19)22(17-18-9-5-3-6-10-18)29(25(24)27(31)33-2)21-15-13-20(28)14-16-21/h3-16H,17H2,1-2H3. The van der Waals surface area contributed by atoms with Gasteiger partial charge >= 0.3 is 11.9 Å². The average Bonchev–Trinajstić information content (AvgIpc) is 3.19. The van der Waals surface area contributed by atoms with Crippen molar-refractivity contribution in [3.8, 4) is 16.8 Å². The van der Waals surface area contributed by atoms with E-state index < -0.39 is 17.8 Å². The Morgan fingerprint density at radius 2 is 1.36 bits per heavy atom. The van der Waals surface area contributed by atoms with Crippen molar-refractivity contribution in [1.82, 2.24) is 4.57 Å². The van der Waals surface area contributed by atoms with E-state index in [1.165, 1.54) is 26.4 Å². The quantitative estimate of drug-likeness (QED) is 0.372. The molecule has 5 nitrogen and oxygen atoms in total. The van der Waals surface area contributed by atoms with E-state index in [9.17, 15) is 14.0 Å². The molecule has 3 aromatic carbocycles. The first-order valence-electron chi connectivity index (χ1n) is 10.3. The number of methoxy groups -OCH3 is 2. The summed E-state index contributed by atoms with van der Waals surface area (Å²) in [5.74, 6) is -1.77. The van der Waals surface area contributed by atoms with E-state index in [0.29, 0.717) is 23.4 Å². The topological polar surface area (TPSA) is 57.5 Å². The van der Waals surface area contributed by atoms with E-state index in [4.69, 9.17) is 9.47 Å². The summed E-state index contributed by atoms with van der Waals surface area (Å²) in [5, 5.41) is 0. The second-order valence-corrected chi connectivity index (χ2v) is 7.37. The molecule has 0 unspecified atom stereocenters. The number of ether oxygens (including phenoxy) is 2. The van der Waals surface area contributed by atoms with Crippen molar-refractivity contribution in [3.63, 3.8) is 0 Å². The van der Waals surface area contributed by atoms with Gasteiger partial charge in [-0.1, -0.05) is 60.7 Å². The monoisotopic (exact) mass is 443 g/mol. The fourth-order valence-electron chi connectivity index (χ4n) is 3.96. The molecular formula is C27H22FNO4. The van der Waals surface area contributed by atoms with Gasteiger partial charge in [-0.05, 0) is 35.4 Å². The van der Waals surface area contributed by atoms with E-state index >= 15 is 0 Å². The zero-order chi connectivity index (χ0) is 23.4. The van der Waals surface area contributed by atoms with Crippen LogP contribution in [0.3, 0.4) is 0 Å². The lowest BCUT2D eigenvalue weighted by Gasteiger charge is -2.14. The molecule has 6 heteroatoms. The maximum Gasteiger partial charge on any atom is 0.355 e. The van der Waals surface area contributed by atoms with Crippen LogP contribution in [-0.2, 0) is 15.9 Å². The first kappa shape index (κ1) is 22.0. The first-order valence-corrected chi connectivity index (χ1v) is 10.3. The molecule has 0 atom stereocenters. The van der Waals surface area contributed by atoms with Gasteiger partial charge in [0.05, 0.1) is 14.2 Å². The van der Waals surface area contributed by atoms with Crippen LogP contribution in [0.4, 0.5) is 4.39 Å². The minimum Gasteiger partial charge on any atom is -0.465 e. The van der Waals surface area contributed by atoms with Gasteiger partial charge in [-0.15, -0.1) is 0 Å². The lowest BCUT2D eigenvalue weighted by molar-refractivity contribution is 0.0550. The molecule has 4 rings (SSSR count). The summed E-state index contributed by atoms with van der Waals surface area (Å²) in [7, 11) is 2.52. The number of halogens is 1. The van der Waals surface area contributed by atoms with E-state index in [1.54, 1.807) is 16.7 Å². The summed E-state index contributed by atoms with van der Waals surface area (Å²) >= 11 is 0. The maximum atomic E-state index is 13.7. The van der Waals surface area contributed by atoms with E-state index in [-0.39, 0.29) is 11.3 Å². The van der Waals surface area contributed by atoms with Crippen molar-refractivity contribution in [2.75, 3.05) is 14.2 Å². The fourth-order valence-corrected chi connectivity index (χ4v) is 3.96. The van der Waals surface area contributed by atoms with Crippen molar-refractivity contribution in [3.05, 3.63) is 113 Å². The van der Waals surface area contributed by atoms with Crippen molar-refractivity contribution >= 4 is 11.9 Å². The van der Waals surface area contributed by atoms with Gasteiger partial charge in [-0.25, -0.2) is 14.0 Å². The molecule has 0 saturated heterocycles.